The van der Waals surface area contributed by atoms with E-state index in [-0.39, 0.29) is 21.3 Å². The van der Waals surface area contributed by atoms with Gasteiger partial charge in [-0.3, -0.25) is 0 Å². The number of alkyl halides is 3. The Bertz CT molecular complexity index is 990. The van der Waals surface area contributed by atoms with Gasteiger partial charge in [-0.2, -0.15) is 17.9 Å². The Kier molecular flexibility index (Phi) is 5.73. The van der Waals surface area contributed by atoms with Crippen molar-refractivity contribution in [2.75, 3.05) is 12.3 Å². The van der Waals surface area contributed by atoms with E-state index in [0.29, 0.717) is 18.8 Å². The molecule has 1 heterocycles. The molecule has 1 unspecified atom stereocenters. The molecule has 0 aliphatic carbocycles. The van der Waals surface area contributed by atoms with Gasteiger partial charge in [0.1, 0.15) is 16.7 Å². The van der Waals surface area contributed by atoms with Crippen LogP contribution in [0.5, 0.6) is 5.75 Å². The van der Waals surface area contributed by atoms with Crippen LogP contribution in [0.4, 0.5) is 18.9 Å². The SMILES string of the molecule is Nc1cc(Cl)cc(Cl)c1S(=O)(=O)NC(Cc1cccc2c1OCC2)C(F)(F)F. The Morgan fingerprint density at radius 1 is 1.25 bits per heavy atom. The molecule has 28 heavy (non-hydrogen) atoms. The van der Waals surface area contributed by atoms with Crippen LogP contribution in [0.1, 0.15) is 11.1 Å². The lowest BCUT2D eigenvalue weighted by atomic mass is 10.0. The topological polar surface area (TPSA) is 81.4 Å². The number of rotatable bonds is 5. The lowest BCUT2D eigenvalue weighted by Crippen LogP contribution is -2.47. The van der Waals surface area contributed by atoms with Crippen molar-refractivity contribution < 1.29 is 26.3 Å². The molecule has 1 aliphatic heterocycles. The van der Waals surface area contributed by atoms with Crippen molar-refractivity contribution >= 4 is 38.9 Å². The number of fused-ring (bicyclic) bond motifs is 1. The van der Waals surface area contributed by atoms with Gasteiger partial charge in [-0.25, -0.2) is 8.42 Å². The van der Waals surface area contributed by atoms with Crippen molar-refractivity contribution in [3.05, 3.63) is 51.5 Å². The third kappa shape index (κ3) is 4.32. The Morgan fingerprint density at radius 2 is 1.96 bits per heavy atom. The minimum absolute atomic E-state index is 0.0609. The highest BCUT2D eigenvalue weighted by Crippen LogP contribution is 2.35. The van der Waals surface area contributed by atoms with Crippen LogP contribution >= 0.6 is 23.2 Å². The van der Waals surface area contributed by atoms with Crippen LogP contribution in [0.3, 0.4) is 0 Å². The summed E-state index contributed by atoms with van der Waals surface area (Å²) < 4.78 is 73.2. The number of para-hydroxylation sites is 1. The summed E-state index contributed by atoms with van der Waals surface area (Å²) in [6.07, 6.45) is -4.92. The molecule has 0 saturated heterocycles. The van der Waals surface area contributed by atoms with E-state index in [4.69, 9.17) is 33.7 Å². The summed E-state index contributed by atoms with van der Waals surface area (Å²) in [6, 6.07) is 4.63. The molecule has 1 atom stereocenters. The van der Waals surface area contributed by atoms with Crippen molar-refractivity contribution in [2.45, 2.75) is 30.0 Å². The van der Waals surface area contributed by atoms with Crippen LogP contribution in [0.2, 0.25) is 10.0 Å². The first-order valence-corrected chi connectivity index (χ1v) is 10.3. The average Bonchev–Trinajstić information content (AvgIpc) is 3.01. The van der Waals surface area contributed by atoms with E-state index in [1.54, 1.807) is 16.9 Å². The lowest BCUT2D eigenvalue weighted by molar-refractivity contribution is -0.151. The molecular formula is C17H15Cl2F3N2O3S. The summed E-state index contributed by atoms with van der Waals surface area (Å²) in [5.41, 5.74) is 6.32. The lowest BCUT2D eigenvalue weighted by Gasteiger charge is -2.23. The average molecular weight is 455 g/mol. The minimum atomic E-state index is -4.86. The Hall–Kier alpha value is -1.68. The van der Waals surface area contributed by atoms with E-state index in [1.165, 1.54) is 6.07 Å². The molecule has 0 radical (unpaired) electrons. The second-order valence-corrected chi connectivity index (χ2v) is 8.72. The molecule has 2 aromatic rings. The fourth-order valence-corrected chi connectivity index (χ4v) is 5.21. The Balaban J connectivity index is 1.95. The zero-order valence-electron chi connectivity index (χ0n) is 14.2. The second-order valence-electron chi connectivity index (χ2n) is 6.23. The number of sulfonamides is 1. The number of anilines is 1. The van der Waals surface area contributed by atoms with Crippen LogP contribution < -0.4 is 15.2 Å². The van der Waals surface area contributed by atoms with Crippen molar-refractivity contribution in [1.29, 1.82) is 0 Å². The zero-order chi connectivity index (χ0) is 20.7. The maximum absolute atomic E-state index is 13.6. The first-order valence-electron chi connectivity index (χ1n) is 8.06. The fourth-order valence-electron chi connectivity index (χ4n) is 3.00. The molecule has 0 bridgehead atoms. The molecule has 0 amide bonds. The fraction of sp³-hybridized carbons (Fsp3) is 0.294. The number of hydrogen-bond donors (Lipinski definition) is 2. The summed E-state index contributed by atoms with van der Waals surface area (Å²) in [7, 11) is -4.68. The van der Waals surface area contributed by atoms with E-state index in [9.17, 15) is 21.6 Å². The zero-order valence-corrected chi connectivity index (χ0v) is 16.5. The number of hydrogen-bond acceptors (Lipinski definition) is 4. The van der Waals surface area contributed by atoms with Crippen molar-refractivity contribution in [1.82, 2.24) is 4.72 Å². The van der Waals surface area contributed by atoms with E-state index in [2.05, 4.69) is 0 Å². The molecule has 0 spiro atoms. The first kappa shape index (κ1) is 21.0. The van der Waals surface area contributed by atoms with E-state index in [1.807, 2.05) is 0 Å². The normalized spacial score (nSPS) is 15.2. The van der Waals surface area contributed by atoms with Crippen LogP contribution in [0.25, 0.3) is 0 Å². The van der Waals surface area contributed by atoms with Gasteiger partial charge >= 0.3 is 6.18 Å². The van der Waals surface area contributed by atoms with Gasteiger partial charge in [-0.05, 0) is 23.3 Å². The van der Waals surface area contributed by atoms with E-state index in [0.717, 1.165) is 17.7 Å². The number of nitrogen functional groups attached to an aromatic ring is 1. The predicted molar refractivity (Wildman–Crippen MR) is 100 cm³/mol. The molecule has 0 fully saturated rings. The van der Waals surface area contributed by atoms with Crippen molar-refractivity contribution in [2.24, 2.45) is 0 Å². The molecule has 11 heteroatoms. The second kappa shape index (κ2) is 7.62. The number of ether oxygens (including phenoxy) is 1. The predicted octanol–water partition coefficient (Wildman–Crippen LogP) is 3.96. The molecule has 5 nitrogen and oxygen atoms in total. The molecule has 3 N–H and O–H groups in total. The summed E-state index contributed by atoms with van der Waals surface area (Å²) in [5.74, 6) is 0.361. The molecule has 1 aliphatic rings. The third-order valence-corrected chi connectivity index (χ3v) is 6.43. The van der Waals surface area contributed by atoms with Crippen LogP contribution in [-0.2, 0) is 22.9 Å². The highest BCUT2D eigenvalue weighted by atomic mass is 35.5. The van der Waals surface area contributed by atoms with Crippen molar-refractivity contribution in [3.8, 4) is 5.75 Å². The summed E-state index contributed by atoms with van der Waals surface area (Å²) in [6.45, 7) is 0.367. The number of nitrogens with one attached hydrogen (secondary N) is 1. The quantitative estimate of drug-likeness (QED) is 0.669. The Morgan fingerprint density at radius 3 is 2.61 bits per heavy atom. The highest BCUT2D eigenvalue weighted by Gasteiger charge is 2.43. The molecule has 0 saturated carbocycles. The van der Waals surface area contributed by atoms with Crippen LogP contribution in [-0.4, -0.2) is 27.2 Å². The number of benzene rings is 2. The molecule has 0 aromatic heterocycles. The van der Waals surface area contributed by atoms with Gasteiger partial charge in [0.15, 0.2) is 0 Å². The summed E-state index contributed by atoms with van der Waals surface area (Å²) in [5, 5.41) is -0.312. The molecule has 2 aromatic carbocycles. The van der Waals surface area contributed by atoms with Gasteiger partial charge in [0, 0.05) is 17.9 Å². The highest BCUT2D eigenvalue weighted by molar-refractivity contribution is 7.89. The monoisotopic (exact) mass is 454 g/mol. The Labute approximate surface area is 169 Å². The van der Waals surface area contributed by atoms with Crippen LogP contribution in [0.15, 0.2) is 35.2 Å². The largest absolute Gasteiger partial charge is 0.493 e. The number of halogens is 5. The summed E-state index contributed by atoms with van der Waals surface area (Å²) in [4.78, 5) is -0.651. The van der Waals surface area contributed by atoms with Crippen molar-refractivity contribution in [3.63, 3.8) is 0 Å². The summed E-state index contributed by atoms with van der Waals surface area (Å²) >= 11 is 11.6. The van der Waals surface area contributed by atoms with Gasteiger partial charge in [0.2, 0.25) is 10.0 Å². The van der Waals surface area contributed by atoms with Gasteiger partial charge in [-0.1, -0.05) is 41.4 Å². The first-order chi connectivity index (χ1) is 13.0. The standard InChI is InChI=1S/C17H15Cl2F3N2O3S/c18-11-7-12(19)16(13(23)8-11)28(25,26)24-14(17(20,21)22)6-10-3-1-2-9-4-5-27-15(9)10/h1-3,7-8,14,24H,4-6,23H2. The minimum Gasteiger partial charge on any atom is -0.493 e. The third-order valence-electron chi connectivity index (χ3n) is 4.22. The number of nitrogens with two attached hydrogens (primary N) is 1. The molecule has 152 valence electrons. The maximum Gasteiger partial charge on any atom is 0.405 e. The van der Waals surface area contributed by atoms with Gasteiger partial charge < -0.3 is 10.5 Å². The van der Waals surface area contributed by atoms with Gasteiger partial charge in [0.05, 0.1) is 17.3 Å². The smallest absolute Gasteiger partial charge is 0.405 e. The van der Waals surface area contributed by atoms with E-state index < -0.39 is 33.6 Å². The molecular weight excluding hydrogens is 440 g/mol. The van der Waals surface area contributed by atoms with E-state index >= 15 is 0 Å². The van der Waals surface area contributed by atoms with Gasteiger partial charge in [-0.15, -0.1) is 0 Å². The maximum atomic E-state index is 13.6. The molecule has 3 rings (SSSR count). The van der Waals surface area contributed by atoms with Crippen LogP contribution in [0, 0.1) is 0 Å². The van der Waals surface area contributed by atoms with Gasteiger partial charge in [0.25, 0.3) is 0 Å².